The average Bonchev–Trinajstić information content (AvgIpc) is 0.945. The molecule has 0 heterocycles. The van der Waals surface area contributed by atoms with Crippen LogP contribution in [-0.2, 0) is 65.4 Å². The summed E-state index contributed by atoms with van der Waals surface area (Å²) in [7, 11) is -9.96. The fraction of sp³-hybridized carbons (Fsp3) is 0.778. The minimum atomic E-state index is -4.99. The Morgan fingerprint density at radius 1 is 0.280 bits per heavy atom. The molecule has 100 heavy (non-hydrogen) atoms. The fourth-order valence-electron chi connectivity index (χ4n) is 10.7. The summed E-state index contributed by atoms with van der Waals surface area (Å²) in [6.07, 6.45) is 75.6. The molecule has 0 rings (SSSR count). The zero-order chi connectivity index (χ0) is 73.2. The predicted molar refractivity (Wildman–Crippen MR) is 409 cm³/mol. The number of phosphoric ester groups is 2. The molecule has 580 valence electrons. The minimum absolute atomic E-state index is 0.0748. The van der Waals surface area contributed by atoms with Gasteiger partial charge in [0.05, 0.1) is 26.4 Å². The van der Waals surface area contributed by atoms with Crippen LogP contribution in [0.3, 0.4) is 0 Å². The fourth-order valence-corrected chi connectivity index (χ4v) is 12.3. The van der Waals surface area contributed by atoms with Crippen LogP contribution < -0.4 is 0 Å². The molecule has 17 nitrogen and oxygen atoms in total. The van der Waals surface area contributed by atoms with Crippen molar-refractivity contribution in [3.63, 3.8) is 0 Å². The zero-order valence-corrected chi connectivity index (χ0v) is 65.2. The third-order valence-electron chi connectivity index (χ3n) is 16.8. The van der Waals surface area contributed by atoms with E-state index in [1.54, 1.807) is 0 Å². The molecule has 0 spiro atoms. The van der Waals surface area contributed by atoms with Gasteiger partial charge in [-0.2, -0.15) is 0 Å². The number of unbranched alkanes of at least 4 members (excludes halogenated alkanes) is 35. The third-order valence-corrected chi connectivity index (χ3v) is 18.7. The number of rotatable bonds is 75. The summed E-state index contributed by atoms with van der Waals surface area (Å²) in [4.78, 5) is 72.9. The molecule has 0 saturated carbocycles. The number of hydrogen-bond acceptors (Lipinski definition) is 15. The molecule has 0 aromatic rings. The van der Waals surface area contributed by atoms with E-state index in [4.69, 9.17) is 37.0 Å². The Morgan fingerprint density at radius 3 is 0.820 bits per heavy atom. The second kappa shape index (κ2) is 73.5. The lowest BCUT2D eigenvalue weighted by molar-refractivity contribution is -0.161. The van der Waals surface area contributed by atoms with Gasteiger partial charge in [0.2, 0.25) is 0 Å². The maximum absolute atomic E-state index is 13.1. The monoisotopic (exact) mass is 1450 g/mol. The normalized spacial score (nSPS) is 14.3. The molecule has 5 atom stereocenters. The molecule has 0 aliphatic rings. The molecule has 0 radical (unpaired) electrons. The number of carbonyl (C=O) groups excluding carboxylic acids is 4. The van der Waals surface area contributed by atoms with Gasteiger partial charge in [-0.05, 0) is 122 Å². The number of phosphoric acid groups is 2. The van der Waals surface area contributed by atoms with E-state index in [0.29, 0.717) is 32.1 Å². The summed E-state index contributed by atoms with van der Waals surface area (Å²) in [6, 6.07) is 0. The highest BCUT2D eigenvalue weighted by molar-refractivity contribution is 7.47. The largest absolute Gasteiger partial charge is 0.472 e. The average molecular weight is 1450 g/mol. The molecular weight excluding hydrogens is 1310 g/mol. The molecule has 0 aromatic carbocycles. The maximum Gasteiger partial charge on any atom is 0.472 e. The first kappa shape index (κ1) is 96.2. The molecular formula is C81H144O17P2. The van der Waals surface area contributed by atoms with Crippen molar-refractivity contribution < 1.29 is 80.2 Å². The van der Waals surface area contributed by atoms with Crippen molar-refractivity contribution in [2.45, 2.75) is 367 Å². The first-order chi connectivity index (χ1) is 48.7. The van der Waals surface area contributed by atoms with Gasteiger partial charge >= 0.3 is 39.5 Å². The Kier molecular flexibility index (Phi) is 70.8. The zero-order valence-electron chi connectivity index (χ0n) is 63.4. The highest BCUT2D eigenvalue weighted by atomic mass is 31.2. The molecule has 0 fully saturated rings. The second-order valence-electron chi connectivity index (χ2n) is 26.7. The minimum Gasteiger partial charge on any atom is -0.462 e. The summed E-state index contributed by atoms with van der Waals surface area (Å²) >= 11 is 0. The van der Waals surface area contributed by atoms with Gasteiger partial charge in [-0.25, -0.2) is 9.13 Å². The van der Waals surface area contributed by atoms with Crippen molar-refractivity contribution in [2.75, 3.05) is 39.6 Å². The summed E-state index contributed by atoms with van der Waals surface area (Å²) in [5.74, 6) is -2.24. The van der Waals surface area contributed by atoms with Crippen molar-refractivity contribution >= 4 is 39.5 Å². The highest BCUT2D eigenvalue weighted by Gasteiger charge is 2.30. The molecule has 0 aromatic heterocycles. The molecule has 2 unspecified atom stereocenters. The number of aliphatic hydroxyl groups is 1. The van der Waals surface area contributed by atoms with Gasteiger partial charge in [-0.1, -0.05) is 286 Å². The second-order valence-corrected chi connectivity index (χ2v) is 29.6. The van der Waals surface area contributed by atoms with Gasteiger partial charge < -0.3 is 33.8 Å². The van der Waals surface area contributed by atoms with Crippen molar-refractivity contribution in [3.05, 3.63) is 85.1 Å². The van der Waals surface area contributed by atoms with Gasteiger partial charge in [-0.15, -0.1) is 0 Å². The van der Waals surface area contributed by atoms with Crippen LogP contribution >= 0.6 is 15.6 Å². The van der Waals surface area contributed by atoms with Crippen LogP contribution in [0.25, 0.3) is 0 Å². The van der Waals surface area contributed by atoms with Gasteiger partial charge in [0.25, 0.3) is 0 Å². The van der Waals surface area contributed by atoms with Crippen LogP contribution in [-0.4, -0.2) is 96.7 Å². The summed E-state index contributed by atoms with van der Waals surface area (Å²) in [6.45, 7) is 4.77. The number of aliphatic hydroxyl groups excluding tert-OH is 1. The molecule has 3 N–H and O–H groups in total. The Balaban J connectivity index is 5.40. The molecule has 19 heteroatoms. The lowest BCUT2D eigenvalue weighted by Crippen LogP contribution is -2.30. The molecule has 0 aliphatic carbocycles. The quantitative estimate of drug-likeness (QED) is 0.0169. The van der Waals surface area contributed by atoms with Gasteiger partial charge in [0, 0.05) is 25.7 Å². The van der Waals surface area contributed by atoms with Crippen LogP contribution in [0.4, 0.5) is 0 Å². The summed E-state index contributed by atoms with van der Waals surface area (Å²) < 4.78 is 68.5. The van der Waals surface area contributed by atoms with E-state index < -0.39 is 97.5 Å². The van der Waals surface area contributed by atoms with Crippen molar-refractivity contribution in [2.24, 2.45) is 0 Å². The van der Waals surface area contributed by atoms with E-state index in [0.717, 1.165) is 128 Å². The lowest BCUT2D eigenvalue weighted by Gasteiger charge is -2.21. The van der Waals surface area contributed by atoms with E-state index in [-0.39, 0.29) is 25.7 Å². The Hall–Kier alpha value is -3.76. The number of allylic oxidation sites excluding steroid dienone is 14. The molecule has 0 saturated heterocycles. The SMILES string of the molecule is CCCCC/C=C\C/C=C\C/C=C\C/C=C\CCCC(=O)OC[C@H](COP(=O)(O)OC[C@H](O)COP(=O)(O)OC[C@@H](COC(=O)CCCCCCCCCCCCCCC)OC(=O)CCCCCCC/C=C\C/C=C\CCCCC)OC(=O)CCCCCCC/C=C\CCCCCCCC. The van der Waals surface area contributed by atoms with Crippen LogP contribution in [0.1, 0.15) is 349 Å². The molecule has 0 amide bonds. The Bertz CT molecular complexity index is 2230. The van der Waals surface area contributed by atoms with Gasteiger partial charge in [0.15, 0.2) is 12.2 Å². The predicted octanol–water partition coefficient (Wildman–Crippen LogP) is 23.0. The van der Waals surface area contributed by atoms with E-state index in [2.05, 4.69) is 101 Å². The van der Waals surface area contributed by atoms with Crippen LogP contribution in [0.15, 0.2) is 85.1 Å². The Labute approximate surface area is 608 Å². The van der Waals surface area contributed by atoms with Crippen LogP contribution in [0, 0.1) is 0 Å². The number of carbonyl (C=O) groups is 4. The van der Waals surface area contributed by atoms with Crippen molar-refractivity contribution in [1.29, 1.82) is 0 Å². The van der Waals surface area contributed by atoms with Crippen molar-refractivity contribution in [1.82, 2.24) is 0 Å². The number of hydrogen-bond donors (Lipinski definition) is 3. The first-order valence-corrected chi connectivity index (χ1v) is 42.8. The molecule has 0 bridgehead atoms. The first-order valence-electron chi connectivity index (χ1n) is 39.8. The van der Waals surface area contributed by atoms with E-state index in [1.165, 1.54) is 135 Å². The highest BCUT2D eigenvalue weighted by Crippen LogP contribution is 2.45. The number of esters is 4. The summed E-state index contributed by atoms with van der Waals surface area (Å²) in [5.41, 5.74) is 0. The van der Waals surface area contributed by atoms with Crippen molar-refractivity contribution in [3.8, 4) is 0 Å². The van der Waals surface area contributed by atoms with Crippen LogP contribution in [0.2, 0.25) is 0 Å². The molecule has 0 aliphatic heterocycles. The number of ether oxygens (including phenoxy) is 4. The van der Waals surface area contributed by atoms with Crippen LogP contribution in [0.5, 0.6) is 0 Å². The van der Waals surface area contributed by atoms with Gasteiger partial charge in [-0.3, -0.25) is 37.3 Å². The van der Waals surface area contributed by atoms with E-state index in [1.807, 2.05) is 12.2 Å². The lowest BCUT2D eigenvalue weighted by atomic mass is 10.0. The van der Waals surface area contributed by atoms with Gasteiger partial charge in [0.1, 0.15) is 19.3 Å². The van der Waals surface area contributed by atoms with E-state index >= 15 is 0 Å². The smallest absolute Gasteiger partial charge is 0.462 e. The summed E-state index contributed by atoms with van der Waals surface area (Å²) in [5, 5.41) is 10.6. The maximum atomic E-state index is 13.1. The standard InChI is InChI=1S/C81H144O17P2/c1-5-9-13-17-21-25-29-33-36-37-40-42-46-50-54-58-62-66-79(84)92-72-77(98-81(86)68-64-60-56-52-48-44-39-35-31-27-23-19-15-11-7-3)74-96-100(89,90)94-70-75(82)69-93-99(87,88)95-73-76(71-91-78(83)65-61-57-53-49-45-41-32-28-24-20-16-12-8-4)97-80(85)67-63-59-55-51-47-43-38-34-30-26-22-18-14-10-6-2/h21-22,25-26,33-36,38-40,42,50,54,75-77,82H,5-20,23-24,27-32,37,41,43-49,51-53,55-74H2,1-4H3,(H,87,88)(H,89,90)/b25-21-,26-22-,36-33-,38-34-,39-35-,42-40-,54-50-/t75-,76-,77-/m1/s1. The Morgan fingerprint density at radius 2 is 0.500 bits per heavy atom. The third kappa shape index (κ3) is 72.6. The topological polar surface area (TPSA) is 237 Å². The van der Waals surface area contributed by atoms with E-state index in [9.17, 15) is 43.2 Å².